The van der Waals surface area contributed by atoms with Gasteiger partial charge in [-0.1, -0.05) is 55.0 Å². The zero-order chi connectivity index (χ0) is 19.3. The Labute approximate surface area is 156 Å². The molecule has 0 bridgehead atoms. The Morgan fingerprint density at radius 2 is 1.62 bits per heavy atom. The largest absolute Gasteiger partial charge is 0.336 e. The molecule has 0 aliphatic heterocycles. The number of hydrogen-bond donors (Lipinski definition) is 1. The van der Waals surface area contributed by atoms with Crippen molar-refractivity contribution in [2.24, 2.45) is 0 Å². The first-order chi connectivity index (χ1) is 12.3. The summed E-state index contributed by atoms with van der Waals surface area (Å²) in [6.45, 7) is 8.07. The van der Waals surface area contributed by atoms with Gasteiger partial charge in [-0.25, -0.2) is 0 Å². The van der Waals surface area contributed by atoms with Crippen molar-refractivity contribution in [2.75, 3.05) is 18.9 Å². The number of likely N-dealkylation sites (N-methyl/N-ethyl adjacent to an activating group) is 1. The molecule has 0 heterocycles. The smallest absolute Gasteiger partial charge is 0.243 e. The van der Waals surface area contributed by atoms with Crippen LogP contribution in [0.5, 0.6) is 0 Å². The topological polar surface area (TPSA) is 49.4 Å². The Kier molecular flexibility index (Phi) is 6.56. The molecular formula is C22H28N2O2. The summed E-state index contributed by atoms with van der Waals surface area (Å²) >= 11 is 0. The van der Waals surface area contributed by atoms with E-state index in [1.54, 1.807) is 7.05 Å². The SMILES string of the molecule is Cc1cc(C)c(NC(=O)CN(C)C(=O)C[C@@H](C)c2ccccc2)c(C)c1. The molecule has 2 rings (SSSR count). The third-order valence-corrected chi connectivity index (χ3v) is 4.60. The normalized spacial score (nSPS) is 11.7. The van der Waals surface area contributed by atoms with Gasteiger partial charge in [0.2, 0.25) is 11.8 Å². The Bertz CT molecular complexity index is 761. The van der Waals surface area contributed by atoms with Crippen LogP contribution >= 0.6 is 0 Å². The summed E-state index contributed by atoms with van der Waals surface area (Å²) in [5.41, 5.74) is 5.19. The van der Waals surface area contributed by atoms with E-state index in [0.29, 0.717) is 6.42 Å². The maximum Gasteiger partial charge on any atom is 0.243 e. The van der Waals surface area contributed by atoms with E-state index in [0.717, 1.165) is 22.4 Å². The molecule has 0 aliphatic rings. The Morgan fingerprint density at radius 1 is 1.04 bits per heavy atom. The predicted octanol–water partition coefficient (Wildman–Crippen LogP) is 4.20. The fourth-order valence-electron chi connectivity index (χ4n) is 3.18. The van der Waals surface area contributed by atoms with Gasteiger partial charge < -0.3 is 10.2 Å². The van der Waals surface area contributed by atoms with Crippen molar-refractivity contribution >= 4 is 17.5 Å². The van der Waals surface area contributed by atoms with Crippen LogP contribution in [0, 0.1) is 20.8 Å². The van der Waals surface area contributed by atoms with Gasteiger partial charge in [-0.15, -0.1) is 0 Å². The number of nitrogens with one attached hydrogen (secondary N) is 1. The maximum atomic E-state index is 12.4. The molecule has 0 saturated carbocycles. The van der Waals surface area contributed by atoms with Gasteiger partial charge in [-0.2, -0.15) is 0 Å². The lowest BCUT2D eigenvalue weighted by atomic mass is 9.97. The number of rotatable bonds is 6. The van der Waals surface area contributed by atoms with Gasteiger partial charge in [0.05, 0.1) is 6.54 Å². The number of hydrogen-bond acceptors (Lipinski definition) is 2. The minimum atomic E-state index is -0.178. The molecule has 2 aromatic rings. The van der Waals surface area contributed by atoms with Gasteiger partial charge in [0.25, 0.3) is 0 Å². The predicted molar refractivity (Wildman–Crippen MR) is 106 cm³/mol. The van der Waals surface area contributed by atoms with Crippen molar-refractivity contribution in [2.45, 2.75) is 40.0 Å². The molecule has 1 N–H and O–H groups in total. The second-order valence-corrected chi connectivity index (χ2v) is 7.09. The van der Waals surface area contributed by atoms with Crippen LogP contribution in [0.25, 0.3) is 0 Å². The Balaban J connectivity index is 1.93. The lowest BCUT2D eigenvalue weighted by Gasteiger charge is -2.20. The zero-order valence-corrected chi connectivity index (χ0v) is 16.3. The molecular weight excluding hydrogens is 324 g/mol. The lowest BCUT2D eigenvalue weighted by molar-refractivity contribution is -0.133. The molecule has 1 atom stereocenters. The molecule has 0 unspecified atom stereocenters. The minimum absolute atomic E-state index is 0.0335. The van der Waals surface area contributed by atoms with Gasteiger partial charge in [-0.05, 0) is 43.4 Å². The summed E-state index contributed by atoms with van der Waals surface area (Å²) in [4.78, 5) is 26.3. The van der Waals surface area contributed by atoms with Crippen molar-refractivity contribution < 1.29 is 9.59 Å². The van der Waals surface area contributed by atoms with Crippen molar-refractivity contribution in [3.63, 3.8) is 0 Å². The molecule has 0 radical (unpaired) electrons. The van der Waals surface area contributed by atoms with Crippen LogP contribution < -0.4 is 5.32 Å². The monoisotopic (exact) mass is 352 g/mol. The van der Waals surface area contributed by atoms with Crippen LogP contribution in [0.15, 0.2) is 42.5 Å². The van der Waals surface area contributed by atoms with Gasteiger partial charge >= 0.3 is 0 Å². The quantitative estimate of drug-likeness (QED) is 0.847. The fraction of sp³-hybridized carbons (Fsp3) is 0.364. The van der Waals surface area contributed by atoms with Crippen LogP contribution in [-0.2, 0) is 9.59 Å². The number of carbonyl (C=O) groups excluding carboxylic acids is 2. The molecule has 0 aromatic heterocycles. The fourth-order valence-corrected chi connectivity index (χ4v) is 3.18. The summed E-state index contributed by atoms with van der Waals surface area (Å²) in [7, 11) is 1.68. The van der Waals surface area contributed by atoms with Crippen molar-refractivity contribution in [1.82, 2.24) is 4.90 Å². The summed E-state index contributed by atoms with van der Waals surface area (Å²) in [5.74, 6) is -0.0899. The van der Waals surface area contributed by atoms with Gasteiger partial charge in [-0.3, -0.25) is 9.59 Å². The number of nitrogens with zero attached hydrogens (tertiary/aromatic N) is 1. The number of aryl methyl sites for hydroxylation is 3. The lowest BCUT2D eigenvalue weighted by Crippen LogP contribution is -2.35. The van der Waals surface area contributed by atoms with Crippen molar-refractivity contribution in [1.29, 1.82) is 0 Å². The van der Waals surface area contributed by atoms with Gasteiger partial charge in [0.15, 0.2) is 0 Å². The summed E-state index contributed by atoms with van der Waals surface area (Å²) < 4.78 is 0. The van der Waals surface area contributed by atoms with Crippen molar-refractivity contribution in [3.05, 3.63) is 64.7 Å². The molecule has 2 amide bonds. The average Bonchev–Trinajstić information content (AvgIpc) is 2.58. The molecule has 26 heavy (non-hydrogen) atoms. The third-order valence-electron chi connectivity index (χ3n) is 4.60. The number of benzene rings is 2. The Hall–Kier alpha value is -2.62. The van der Waals surface area contributed by atoms with E-state index < -0.39 is 0 Å². The first-order valence-electron chi connectivity index (χ1n) is 8.94. The van der Waals surface area contributed by atoms with E-state index in [2.05, 4.69) is 5.32 Å². The standard InChI is InChI=1S/C22H28N2O2/c1-15-11-17(3)22(18(4)12-15)23-20(25)14-24(5)21(26)13-16(2)19-9-7-6-8-10-19/h6-12,16H,13-14H2,1-5H3,(H,23,25)/t16-/m1/s1. The first kappa shape index (κ1) is 19.7. The average molecular weight is 352 g/mol. The van der Waals surface area contributed by atoms with E-state index in [1.165, 1.54) is 10.5 Å². The summed E-state index contributed by atoms with van der Waals surface area (Å²) in [6.07, 6.45) is 0.385. The highest BCUT2D eigenvalue weighted by Gasteiger charge is 2.18. The number of amides is 2. The second kappa shape index (κ2) is 8.65. The van der Waals surface area contributed by atoms with E-state index in [-0.39, 0.29) is 24.3 Å². The van der Waals surface area contributed by atoms with E-state index >= 15 is 0 Å². The maximum absolute atomic E-state index is 12.4. The van der Waals surface area contributed by atoms with Gasteiger partial charge in [0, 0.05) is 19.2 Å². The summed E-state index contributed by atoms with van der Waals surface area (Å²) in [5, 5.41) is 2.94. The van der Waals surface area contributed by atoms with E-state index in [9.17, 15) is 9.59 Å². The highest BCUT2D eigenvalue weighted by Crippen LogP contribution is 2.22. The third kappa shape index (κ3) is 5.19. The molecule has 0 spiro atoms. The highest BCUT2D eigenvalue weighted by molar-refractivity contribution is 5.95. The van der Waals surface area contributed by atoms with Crippen LogP contribution in [0.3, 0.4) is 0 Å². The van der Waals surface area contributed by atoms with E-state index in [4.69, 9.17) is 0 Å². The highest BCUT2D eigenvalue weighted by atomic mass is 16.2. The van der Waals surface area contributed by atoms with Crippen LogP contribution in [0.4, 0.5) is 5.69 Å². The number of carbonyl (C=O) groups is 2. The number of anilines is 1. The Morgan fingerprint density at radius 3 is 2.19 bits per heavy atom. The molecule has 0 saturated heterocycles. The van der Waals surface area contributed by atoms with Crippen LogP contribution in [0.2, 0.25) is 0 Å². The van der Waals surface area contributed by atoms with Crippen LogP contribution in [0.1, 0.15) is 41.5 Å². The molecule has 138 valence electrons. The molecule has 2 aromatic carbocycles. The summed E-state index contributed by atoms with van der Waals surface area (Å²) in [6, 6.07) is 14.0. The molecule has 0 aliphatic carbocycles. The zero-order valence-electron chi connectivity index (χ0n) is 16.3. The minimum Gasteiger partial charge on any atom is -0.336 e. The molecule has 4 heteroatoms. The van der Waals surface area contributed by atoms with Crippen LogP contribution in [-0.4, -0.2) is 30.3 Å². The second-order valence-electron chi connectivity index (χ2n) is 7.09. The van der Waals surface area contributed by atoms with Crippen molar-refractivity contribution in [3.8, 4) is 0 Å². The first-order valence-corrected chi connectivity index (χ1v) is 8.94. The van der Waals surface area contributed by atoms with Gasteiger partial charge in [0.1, 0.15) is 0 Å². The molecule has 0 fully saturated rings. The molecule has 4 nitrogen and oxygen atoms in total. The van der Waals surface area contributed by atoms with E-state index in [1.807, 2.05) is 70.2 Å².